The van der Waals surface area contributed by atoms with Crippen LogP contribution in [0.1, 0.15) is 48.7 Å². The van der Waals surface area contributed by atoms with E-state index in [1.54, 1.807) is 6.20 Å². The van der Waals surface area contributed by atoms with Crippen LogP contribution in [0, 0.1) is 0 Å². The molecule has 0 saturated heterocycles. The quantitative estimate of drug-likeness (QED) is 0.754. The number of aromatic nitrogens is 2. The Labute approximate surface area is 133 Å². The summed E-state index contributed by atoms with van der Waals surface area (Å²) in [5.74, 6) is 0.206. The van der Waals surface area contributed by atoms with Gasteiger partial charge in [-0.05, 0) is 40.8 Å². The number of carbonyl (C=O) groups excluding carboxylic acids is 1. The predicted molar refractivity (Wildman–Crippen MR) is 86.5 cm³/mol. The molecule has 1 saturated carbocycles. The molecule has 3 nitrogen and oxygen atoms in total. The first-order valence-electron chi connectivity index (χ1n) is 7.50. The molecule has 1 heterocycles. The van der Waals surface area contributed by atoms with E-state index in [1.807, 2.05) is 22.9 Å². The highest BCUT2D eigenvalue weighted by Crippen LogP contribution is 2.46. The van der Waals surface area contributed by atoms with Gasteiger partial charge in [0.2, 0.25) is 0 Å². The van der Waals surface area contributed by atoms with Crippen LogP contribution in [-0.4, -0.2) is 15.6 Å². The molecule has 0 spiro atoms. The fraction of sp³-hybridized carbons (Fsp3) is 0.412. The number of hydrogen-bond acceptors (Lipinski definition) is 2. The summed E-state index contributed by atoms with van der Waals surface area (Å²) in [6.45, 7) is 2.87. The Balaban J connectivity index is 2.03. The van der Waals surface area contributed by atoms with Gasteiger partial charge in [-0.25, -0.2) is 0 Å². The summed E-state index contributed by atoms with van der Waals surface area (Å²) in [7, 11) is 0. The van der Waals surface area contributed by atoms with Gasteiger partial charge in [0, 0.05) is 6.54 Å². The van der Waals surface area contributed by atoms with E-state index in [9.17, 15) is 4.79 Å². The topological polar surface area (TPSA) is 34.9 Å². The van der Waals surface area contributed by atoms with Gasteiger partial charge in [-0.3, -0.25) is 9.48 Å². The summed E-state index contributed by atoms with van der Waals surface area (Å²) in [4.78, 5) is 13.2. The van der Waals surface area contributed by atoms with Gasteiger partial charge in [0.1, 0.15) is 5.69 Å². The Bertz CT molecular complexity index is 644. The van der Waals surface area contributed by atoms with Crippen molar-refractivity contribution in [3.8, 4) is 0 Å². The van der Waals surface area contributed by atoms with E-state index in [1.165, 1.54) is 0 Å². The zero-order valence-corrected chi connectivity index (χ0v) is 13.8. The zero-order chi connectivity index (χ0) is 14.9. The fourth-order valence-corrected chi connectivity index (χ4v) is 3.61. The van der Waals surface area contributed by atoms with Gasteiger partial charge >= 0.3 is 0 Å². The highest BCUT2D eigenvalue weighted by molar-refractivity contribution is 9.10. The fourth-order valence-electron chi connectivity index (χ4n) is 3.13. The Morgan fingerprint density at radius 2 is 2.05 bits per heavy atom. The lowest BCUT2D eigenvalue weighted by molar-refractivity contribution is 0.0775. The monoisotopic (exact) mass is 346 g/mol. The maximum Gasteiger partial charge on any atom is 0.192 e. The molecule has 0 radical (unpaired) electrons. The van der Waals surface area contributed by atoms with Crippen LogP contribution in [0.3, 0.4) is 0 Å². The van der Waals surface area contributed by atoms with Crippen LogP contribution in [0.4, 0.5) is 0 Å². The molecule has 0 amide bonds. The number of rotatable bonds is 5. The number of halogens is 1. The molecule has 1 aliphatic rings. The summed E-state index contributed by atoms with van der Waals surface area (Å²) < 4.78 is 2.65. The van der Waals surface area contributed by atoms with Crippen LogP contribution in [-0.2, 0) is 12.0 Å². The average Bonchev–Trinajstić information content (AvgIpc) is 2.80. The standard InChI is InChI=1S/C17H19BrN2O/c1-2-11-20-15(14(18)12-19-20)16(21)17(9-6-10-17)13-7-4-3-5-8-13/h3-5,7-8,12H,2,6,9-11H2,1H3. The number of benzene rings is 1. The second-order valence-electron chi connectivity index (χ2n) is 5.70. The molecular weight excluding hydrogens is 328 g/mol. The third kappa shape index (κ3) is 2.35. The maximum absolute atomic E-state index is 13.2. The van der Waals surface area contributed by atoms with Crippen molar-refractivity contribution in [1.82, 2.24) is 9.78 Å². The molecule has 2 aromatic rings. The minimum atomic E-state index is -0.352. The SMILES string of the molecule is CCCn1ncc(Br)c1C(=O)C1(c2ccccc2)CCC1. The van der Waals surface area contributed by atoms with Crippen molar-refractivity contribution in [3.05, 3.63) is 52.3 Å². The summed E-state index contributed by atoms with van der Waals surface area (Å²) >= 11 is 3.50. The number of hydrogen-bond donors (Lipinski definition) is 0. The van der Waals surface area contributed by atoms with Crippen LogP contribution in [0.25, 0.3) is 0 Å². The Morgan fingerprint density at radius 1 is 1.33 bits per heavy atom. The summed E-state index contributed by atoms with van der Waals surface area (Å²) in [6, 6.07) is 10.2. The van der Waals surface area contributed by atoms with Crippen molar-refractivity contribution in [3.63, 3.8) is 0 Å². The number of Topliss-reactive ketones (excluding diaryl/α,β-unsaturated/α-hetero) is 1. The van der Waals surface area contributed by atoms with Crippen molar-refractivity contribution >= 4 is 21.7 Å². The Hall–Kier alpha value is -1.42. The molecule has 1 aromatic heterocycles. The lowest BCUT2D eigenvalue weighted by atomic mass is 9.61. The first kappa shape index (κ1) is 14.5. The van der Waals surface area contributed by atoms with Crippen LogP contribution in [0.2, 0.25) is 0 Å². The second kappa shape index (κ2) is 5.76. The number of carbonyl (C=O) groups is 1. The molecule has 1 aromatic carbocycles. The van der Waals surface area contributed by atoms with Crippen LogP contribution in [0.5, 0.6) is 0 Å². The third-order valence-electron chi connectivity index (χ3n) is 4.41. The predicted octanol–water partition coefficient (Wildman–Crippen LogP) is 4.36. The molecule has 21 heavy (non-hydrogen) atoms. The average molecular weight is 347 g/mol. The van der Waals surface area contributed by atoms with E-state index in [0.717, 1.165) is 48.0 Å². The van der Waals surface area contributed by atoms with Crippen molar-refractivity contribution in [2.24, 2.45) is 0 Å². The van der Waals surface area contributed by atoms with E-state index < -0.39 is 0 Å². The van der Waals surface area contributed by atoms with Crippen molar-refractivity contribution in [2.45, 2.75) is 44.6 Å². The minimum Gasteiger partial charge on any atom is -0.291 e. The molecule has 0 atom stereocenters. The van der Waals surface area contributed by atoms with Gasteiger partial charge in [-0.1, -0.05) is 43.7 Å². The lowest BCUT2D eigenvalue weighted by Gasteiger charge is -2.41. The minimum absolute atomic E-state index is 0.206. The smallest absolute Gasteiger partial charge is 0.192 e. The van der Waals surface area contributed by atoms with Crippen molar-refractivity contribution < 1.29 is 4.79 Å². The highest BCUT2D eigenvalue weighted by atomic mass is 79.9. The molecule has 4 heteroatoms. The van der Waals surface area contributed by atoms with Crippen LogP contribution >= 0.6 is 15.9 Å². The maximum atomic E-state index is 13.2. The van der Waals surface area contributed by atoms with Gasteiger partial charge in [-0.15, -0.1) is 0 Å². The van der Waals surface area contributed by atoms with Crippen LogP contribution < -0.4 is 0 Å². The van der Waals surface area contributed by atoms with E-state index in [0.29, 0.717) is 0 Å². The summed E-state index contributed by atoms with van der Waals surface area (Å²) in [6.07, 6.45) is 5.67. The molecule has 0 aliphatic heterocycles. The van der Waals surface area contributed by atoms with Gasteiger partial charge in [0.05, 0.1) is 16.1 Å². The molecule has 1 fully saturated rings. The third-order valence-corrected chi connectivity index (χ3v) is 4.99. The van der Waals surface area contributed by atoms with E-state index in [-0.39, 0.29) is 11.2 Å². The first-order valence-corrected chi connectivity index (χ1v) is 8.30. The molecule has 3 rings (SSSR count). The van der Waals surface area contributed by atoms with Crippen molar-refractivity contribution in [2.75, 3.05) is 0 Å². The van der Waals surface area contributed by atoms with E-state index in [2.05, 4.69) is 40.1 Å². The number of nitrogens with zero attached hydrogens (tertiary/aromatic N) is 2. The zero-order valence-electron chi connectivity index (χ0n) is 12.2. The van der Waals surface area contributed by atoms with Crippen molar-refractivity contribution in [1.29, 1.82) is 0 Å². The van der Waals surface area contributed by atoms with Gasteiger partial charge in [-0.2, -0.15) is 5.10 Å². The highest BCUT2D eigenvalue weighted by Gasteiger charge is 2.47. The van der Waals surface area contributed by atoms with E-state index in [4.69, 9.17) is 0 Å². The normalized spacial score (nSPS) is 16.5. The number of aryl methyl sites for hydroxylation is 1. The molecule has 110 valence electrons. The Morgan fingerprint density at radius 3 is 2.62 bits per heavy atom. The first-order chi connectivity index (χ1) is 10.2. The van der Waals surface area contributed by atoms with Crippen LogP contribution in [0.15, 0.2) is 41.0 Å². The molecule has 0 N–H and O–H groups in total. The molecular formula is C17H19BrN2O. The molecule has 0 bridgehead atoms. The molecule has 1 aliphatic carbocycles. The van der Waals surface area contributed by atoms with Gasteiger partial charge in [0.15, 0.2) is 5.78 Å². The van der Waals surface area contributed by atoms with Gasteiger partial charge < -0.3 is 0 Å². The largest absolute Gasteiger partial charge is 0.291 e. The number of ketones is 1. The van der Waals surface area contributed by atoms with E-state index >= 15 is 0 Å². The lowest BCUT2D eigenvalue weighted by Crippen LogP contribution is -2.43. The summed E-state index contributed by atoms with van der Waals surface area (Å²) in [5.41, 5.74) is 1.51. The molecule has 0 unspecified atom stereocenters. The Kier molecular flexibility index (Phi) is 3.98. The second-order valence-corrected chi connectivity index (χ2v) is 6.55. The summed E-state index contributed by atoms with van der Waals surface area (Å²) in [5, 5.41) is 4.34. The van der Waals surface area contributed by atoms with Gasteiger partial charge in [0.25, 0.3) is 0 Å².